The zero-order valence-corrected chi connectivity index (χ0v) is 13.2. The molecule has 0 bridgehead atoms. The van der Waals surface area contributed by atoms with Gasteiger partial charge < -0.3 is 10.2 Å². The first-order valence-corrected chi connectivity index (χ1v) is 7.79. The first kappa shape index (κ1) is 15.6. The van der Waals surface area contributed by atoms with E-state index in [1.54, 1.807) is 18.2 Å². The minimum absolute atomic E-state index is 0.00157. The molecule has 1 aromatic rings. The van der Waals surface area contributed by atoms with Gasteiger partial charge in [-0.1, -0.05) is 23.2 Å². The summed E-state index contributed by atoms with van der Waals surface area (Å²) in [6.07, 6.45) is 4.27. The van der Waals surface area contributed by atoms with Crippen molar-refractivity contribution in [2.75, 3.05) is 20.1 Å². The van der Waals surface area contributed by atoms with E-state index in [2.05, 4.69) is 5.32 Å². The molecule has 1 aromatic carbocycles. The molecule has 0 radical (unpaired) electrons. The van der Waals surface area contributed by atoms with E-state index in [-0.39, 0.29) is 5.91 Å². The van der Waals surface area contributed by atoms with Crippen LogP contribution < -0.4 is 5.32 Å². The highest BCUT2D eigenvalue weighted by Crippen LogP contribution is 2.26. The van der Waals surface area contributed by atoms with Gasteiger partial charge in [-0.15, -0.1) is 0 Å². The number of carbonyl (C=O) groups is 1. The number of rotatable bonds is 4. The maximum Gasteiger partial charge on any atom is 0.255 e. The van der Waals surface area contributed by atoms with Gasteiger partial charge in [-0.05, 0) is 57.5 Å². The molecule has 1 heterocycles. The van der Waals surface area contributed by atoms with Crippen molar-refractivity contribution in [1.29, 1.82) is 0 Å². The van der Waals surface area contributed by atoms with Crippen molar-refractivity contribution in [3.8, 4) is 0 Å². The van der Waals surface area contributed by atoms with Gasteiger partial charge in [0.1, 0.15) is 0 Å². The van der Waals surface area contributed by atoms with Gasteiger partial charge >= 0.3 is 0 Å². The maximum absolute atomic E-state index is 12.7. The Labute approximate surface area is 130 Å². The van der Waals surface area contributed by atoms with Crippen molar-refractivity contribution in [3.05, 3.63) is 33.8 Å². The van der Waals surface area contributed by atoms with E-state index in [0.717, 1.165) is 32.4 Å². The molecule has 0 saturated carbocycles. The Morgan fingerprint density at radius 1 is 1.40 bits per heavy atom. The van der Waals surface area contributed by atoms with Crippen LogP contribution in [0.2, 0.25) is 10.0 Å². The largest absolute Gasteiger partial charge is 0.336 e. The van der Waals surface area contributed by atoms with Crippen LogP contribution in [0.5, 0.6) is 0 Å². The Kier molecular flexibility index (Phi) is 5.70. The minimum atomic E-state index is -0.00157. The fraction of sp³-hybridized carbons (Fsp3) is 0.533. The van der Waals surface area contributed by atoms with Crippen LogP contribution in [-0.4, -0.2) is 37.0 Å². The molecule has 0 spiro atoms. The van der Waals surface area contributed by atoms with E-state index in [4.69, 9.17) is 23.2 Å². The topological polar surface area (TPSA) is 32.3 Å². The van der Waals surface area contributed by atoms with Crippen molar-refractivity contribution in [3.63, 3.8) is 0 Å². The van der Waals surface area contributed by atoms with Crippen molar-refractivity contribution in [2.24, 2.45) is 0 Å². The highest BCUT2D eigenvalue weighted by atomic mass is 35.5. The summed E-state index contributed by atoms with van der Waals surface area (Å²) in [6, 6.07) is 5.34. The predicted molar refractivity (Wildman–Crippen MR) is 83.7 cm³/mol. The Bertz CT molecular complexity index is 479. The number of nitrogens with zero attached hydrogens (tertiary/aromatic N) is 1. The van der Waals surface area contributed by atoms with Gasteiger partial charge in [-0.25, -0.2) is 0 Å². The number of carbonyl (C=O) groups excluding carboxylic acids is 1. The first-order valence-electron chi connectivity index (χ1n) is 7.04. The van der Waals surface area contributed by atoms with Crippen molar-refractivity contribution in [1.82, 2.24) is 10.2 Å². The number of piperidine rings is 1. The Morgan fingerprint density at radius 2 is 2.20 bits per heavy atom. The number of likely N-dealkylation sites (tertiary alicyclic amines) is 1. The molecule has 5 heteroatoms. The monoisotopic (exact) mass is 314 g/mol. The highest BCUT2D eigenvalue weighted by Gasteiger charge is 2.28. The fourth-order valence-corrected chi connectivity index (χ4v) is 3.07. The van der Waals surface area contributed by atoms with E-state index < -0.39 is 0 Å². The summed E-state index contributed by atoms with van der Waals surface area (Å²) in [6.45, 7) is 1.72. The molecule has 1 unspecified atom stereocenters. The van der Waals surface area contributed by atoms with E-state index >= 15 is 0 Å². The molecule has 3 nitrogen and oxygen atoms in total. The summed E-state index contributed by atoms with van der Waals surface area (Å²) in [4.78, 5) is 14.7. The summed E-state index contributed by atoms with van der Waals surface area (Å²) >= 11 is 12.1. The van der Waals surface area contributed by atoms with E-state index in [0.29, 0.717) is 21.7 Å². The molecule has 0 aliphatic carbocycles. The van der Waals surface area contributed by atoms with Gasteiger partial charge in [-0.3, -0.25) is 4.79 Å². The number of nitrogens with one attached hydrogen (secondary N) is 1. The first-order chi connectivity index (χ1) is 9.63. The number of amides is 1. The highest BCUT2D eigenvalue weighted by molar-refractivity contribution is 6.35. The minimum Gasteiger partial charge on any atom is -0.336 e. The van der Waals surface area contributed by atoms with Gasteiger partial charge in [0.2, 0.25) is 0 Å². The fourth-order valence-electron chi connectivity index (χ4n) is 2.70. The van der Waals surface area contributed by atoms with Crippen LogP contribution in [0.3, 0.4) is 0 Å². The van der Waals surface area contributed by atoms with Crippen LogP contribution in [0.25, 0.3) is 0 Å². The lowest BCUT2D eigenvalue weighted by Gasteiger charge is -2.36. The van der Waals surface area contributed by atoms with Crippen LogP contribution in [0.1, 0.15) is 36.0 Å². The molecule has 0 aromatic heterocycles. The molecule has 110 valence electrons. The molecule has 1 saturated heterocycles. The zero-order chi connectivity index (χ0) is 14.5. The molecule has 1 atom stereocenters. The third kappa shape index (κ3) is 3.66. The summed E-state index contributed by atoms with van der Waals surface area (Å²) in [5, 5.41) is 4.16. The average Bonchev–Trinajstić information content (AvgIpc) is 2.47. The normalized spacial score (nSPS) is 19.1. The number of hydrogen-bond acceptors (Lipinski definition) is 2. The van der Waals surface area contributed by atoms with Crippen molar-refractivity contribution < 1.29 is 4.79 Å². The van der Waals surface area contributed by atoms with Gasteiger partial charge in [0, 0.05) is 17.6 Å². The number of halogens is 2. The lowest BCUT2D eigenvalue weighted by molar-refractivity contribution is 0.0603. The van der Waals surface area contributed by atoms with E-state index in [9.17, 15) is 4.79 Å². The van der Waals surface area contributed by atoms with Crippen LogP contribution in [0.15, 0.2) is 18.2 Å². The molecular weight excluding hydrogens is 295 g/mol. The second-order valence-corrected chi connectivity index (χ2v) is 6.01. The van der Waals surface area contributed by atoms with Gasteiger partial charge in [0.05, 0.1) is 10.6 Å². The third-order valence-electron chi connectivity index (χ3n) is 3.77. The molecule has 1 aliphatic rings. The Morgan fingerprint density at radius 3 is 2.95 bits per heavy atom. The summed E-state index contributed by atoms with van der Waals surface area (Å²) in [5.74, 6) is -0.00157. The lowest BCUT2D eigenvalue weighted by Crippen LogP contribution is -2.44. The molecule has 1 fully saturated rings. The third-order valence-corrected chi connectivity index (χ3v) is 4.34. The zero-order valence-electron chi connectivity index (χ0n) is 11.7. The van der Waals surface area contributed by atoms with Gasteiger partial charge in [0.15, 0.2) is 0 Å². The predicted octanol–water partition coefficient (Wildman–Crippen LogP) is 3.60. The van der Waals surface area contributed by atoms with Crippen LogP contribution in [0.4, 0.5) is 0 Å². The molecular formula is C15H20Cl2N2O. The van der Waals surface area contributed by atoms with Crippen molar-refractivity contribution in [2.45, 2.75) is 31.7 Å². The van der Waals surface area contributed by atoms with Crippen LogP contribution >= 0.6 is 23.2 Å². The smallest absolute Gasteiger partial charge is 0.255 e. The van der Waals surface area contributed by atoms with Crippen LogP contribution in [-0.2, 0) is 0 Å². The summed E-state index contributed by atoms with van der Waals surface area (Å²) in [7, 11) is 1.93. The Balaban J connectivity index is 2.18. The second kappa shape index (κ2) is 7.30. The SMILES string of the molecule is CNCCC1CCCCN1C(=O)c1cc(Cl)ccc1Cl. The van der Waals surface area contributed by atoms with Gasteiger partial charge in [-0.2, -0.15) is 0 Å². The lowest BCUT2D eigenvalue weighted by atomic mass is 9.98. The summed E-state index contributed by atoms with van der Waals surface area (Å²) < 4.78 is 0. The average molecular weight is 315 g/mol. The number of hydrogen-bond donors (Lipinski definition) is 1. The van der Waals surface area contributed by atoms with Crippen LogP contribution in [0, 0.1) is 0 Å². The summed E-state index contributed by atoms with van der Waals surface area (Å²) in [5.41, 5.74) is 0.510. The molecule has 1 aliphatic heterocycles. The number of benzene rings is 1. The van der Waals surface area contributed by atoms with Gasteiger partial charge in [0.25, 0.3) is 5.91 Å². The van der Waals surface area contributed by atoms with Crippen molar-refractivity contribution >= 4 is 29.1 Å². The molecule has 20 heavy (non-hydrogen) atoms. The Hall–Kier alpha value is -0.770. The molecule has 1 amide bonds. The van der Waals surface area contributed by atoms with E-state index in [1.165, 1.54) is 6.42 Å². The van der Waals surface area contributed by atoms with E-state index in [1.807, 2.05) is 11.9 Å². The molecule has 1 N–H and O–H groups in total. The quantitative estimate of drug-likeness (QED) is 0.921. The maximum atomic E-state index is 12.7. The standard InChI is InChI=1S/C15H20Cl2N2O/c1-18-8-7-12-4-2-3-9-19(12)15(20)13-10-11(16)5-6-14(13)17/h5-6,10,12,18H,2-4,7-9H2,1H3. The second-order valence-electron chi connectivity index (χ2n) is 5.16. The molecule has 2 rings (SSSR count).